The molecule has 0 aromatic heterocycles. The molecular weight excluding hydrogens is 422 g/mol. The molecule has 31 heavy (non-hydrogen) atoms. The van der Waals surface area contributed by atoms with E-state index in [1.54, 1.807) is 18.2 Å². The van der Waals surface area contributed by atoms with Crippen LogP contribution in [0, 0.1) is 10.8 Å². The number of esters is 1. The van der Waals surface area contributed by atoms with Crippen LogP contribution in [0.5, 0.6) is 0 Å². The van der Waals surface area contributed by atoms with Crippen LogP contribution in [0.3, 0.4) is 0 Å². The molecule has 0 amide bonds. The first-order chi connectivity index (χ1) is 14.5. The second-order valence-electron chi connectivity index (χ2n) is 6.28. The molecule has 0 saturated carbocycles. The number of rotatable bonds is 3. The van der Waals surface area contributed by atoms with Gasteiger partial charge in [-0.05, 0) is 28.5 Å². The molecule has 0 aliphatic rings. The van der Waals surface area contributed by atoms with E-state index in [-0.39, 0.29) is 11.5 Å². The van der Waals surface area contributed by atoms with E-state index in [2.05, 4.69) is 5.32 Å². The molecule has 8 N–H and O–H groups in total. The van der Waals surface area contributed by atoms with Gasteiger partial charge in [-0.2, -0.15) is 8.42 Å². The second kappa shape index (κ2) is 9.69. The minimum absolute atomic E-state index is 0.211. The van der Waals surface area contributed by atoms with Crippen LogP contribution < -0.4 is 16.8 Å². The van der Waals surface area contributed by atoms with Gasteiger partial charge >= 0.3 is 5.97 Å². The van der Waals surface area contributed by atoms with Crippen molar-refractivity contribution in [2.75, 3.05) is 11.6 Å². The number of anilines is 1. The number of nitrogens with one attached hydrogen (secondary N) is 3. The number of fused-ring (bicyclic) bond motifs is 1. The maximum absolute atomic E-state index is 12.5. The average Bonchev–Trinajstić information content (AvgIpc) is 2.65. The molecule has 0 unspecified atom stereocenters. The van der Waals surface area contributed by atoms with Gasteiger partial charge in [0.1, 0.15) is 0 Å². The van der Waals surface area contributed by atoms with Crippen molar-refractivity contribution in [1.82, 2.24) is 0 Å². The third-order valence-electron chi connectivity index (χ3n) is 3.82. The van der Waals surface area contributed by atoms with Crippen molar-refractivity contribution in [2.45, 2.75) is 0 Å². The SMILES string of the molecule is CS(=O)(=O)O.N=C(N)Nc1cccc(C(=O)OC(=N)N)c1-c1cccc2ccccc12. The van der Waals surface area contributed by atoms with Crippen molar-refractivity contribution in [2.24, 2.45) is 11.5 Å². The average molecular weight is 443 g/mol. The number of hydrogen-bond donors (Lipinski definition) is 6. The summed E-state index contributed by atoms with van der Waals surface area (Å²) < 4.78 is 30.6. The predicted octanol–water partition coefficient (Wildman–Crippen LogP) is 2.37. The zero-order chi connectivity index (χ0) is 23.2. The topological polar surface area (TPSA) is 192 Å². The molecule has 0 spiro atoms. The van der Waals surface area contributed by atoms with Gasteiger partial charge in [0, 0.05) is 11.3 Å². The quantitative estimate of drug-likeness (QED) is 0.154. The highest BCUT2D eigenvalue weighted by Gasteiger charge is 2.20. The maximum Gasteiger partial charge on any atom is 0.346 e. The Hall–Kier alpha value is -3.96. The van der Waals surface area contributed by atoms with Crippen LogP contribution in [-0.2, 0) is 14.9 Å². The van der Waals surface area contributed by atoms with Crippen molar-refractivity contribution < 1.29 is 22.5 Å². The standard InChI is InChI=1S/C19H17N5O2.CH4O3S/c20-18(21)24-15-10-4-9-14(17(25)26-19(22)23)16(15)13-8-3-6-11-5-1-2-7-12(11)13;1-5(2,3)4/h1-10H,(H3,22,23)(H4,20,21,24);1H3,(H,2,3,4). The van der Waals surface area contributed by atoms with Crippen molar-refractivity contribution in [3.05, 3.63) is 66.2 Å². The van der Waals surface area contributed by atoms with Gasteiger partial charge in [-0.3, -0.25) is 15.4 Å². The fraction of sp³-hybridized carbons (Fsp3) is 0.0500. The molecule has 0 bridgehead atoms. The molecule has 0 aliphatic carbocycles. The zero-order valence-corrected chi connectivity index (χ0v) is 17.2. The molecule has 3 aromatic rings. The van der Waals surface area contributed by atoms with Crippen LogP contribution in [0.4, 0.5) is 5.69 Å². The number of amidine groups is 1. The Balaban J connectivity index is 0.000000614. The fourth-order valence-corrected chi connectivity index (χ4v) is 2.86. The summed E-state index contributed by atoms with van der Waals surface area (Å²) in [5, 5.41) is 19.4. The maximum atomic E-state index is 12.5. The normalized spacial score (nSPS) is 10.5. The Morgan fingerprint density at radius 1 is 1.00 bits per heavy atom. The monoisotopic (exact) mass is 443 g/mol. The Bertz CT molecular complexity index is 1240. The van der Waals surface area contributed by atoms with Gasteiger partial charge in [-0.25, -0.2) is 4.79 Å². The van der Waals surface area contributed by atoms with E-state index in [9.17, 15) is 13.2 Å². The summed E-state index contributed by atoms with van der Waals surface area (Å²) in [6.45, 7) is 0. The number of guanidine groups is 1. The number of benzene rings is 3. The summed E-state index contributed by atoms with van der Waals surface area (Å²) in [6, 6.07) is 17.7. The van der Waals surface area contributed by atoms with Gasteiger partial charge in [0.05, 0.1) is 11.8 Å². The Kier molecular flexibility index (Phi) is 7.29. The molecular formula is C20H21N5O5S. The Labute approximate surface area is 178 Å². The van der Waals surface area contributed by atoms with E-state index in [1.165, 1.54) is 0 Å². The van der Waals surface area contributed by atoms with Gasteiger partial charge in [0.2, 0.25) is 0 Å². The largest absolute Gasteiger partial charge is 0.389 e. The molecule has 0 heterocycles. The lowest BCUT2D eigenvalue weighted by molar-refractivity contribution is 0.0713. The molecule has 3 rings (SSSR count). The number of carbonyl (C=O) groups is 1. The van der Waals surface area contributed by atoms with E-state index in [0.29, 0.717) is 17.5 Å². The summed E-state index contributed by atoms with van der Waals surface area (Å²) in [7, 11) is -3.67. The highest BCUT2D eigenvalue weighted by atomic mass is 32.2. The van der Waals surface area contributed by atoms with Gasteiger partial charge in [0.15, 0.2) is 5.96 Å². The van der Waals surface area contributed by atoms with Crippen molar-refractivity contribution in [1.29, 1.82) is 10.8 Å². The number of ether oxygens (including phenoxy) is 1. The molecule has 162 valence electrons. The minimum atomic E-state index is -3.67. The van der Waals surface area contributed by atoms with E-state index in [4.69, 9.17) is 31.6 Å². The third-order valence-corrected chi connectivity index (χ3v) is 3.82. The van der Waals surface area contributed by atoms with Gasteiger partial charge in [-0.15, -0.1) is 0 Å². The van der Waals surface area contributed by atoms with Crippen molar-refractivity contribution in [3.63, 3.8) is 0 Å². The van der Waals surface area contributed by atoms with Crippen LogP contribution in [0.25, 0.3) is 21.9 Å². The summed E-state index contributed by atoms with van der Waals surface area (Å²) in [5.41, 5.74) is 12.7. The minimum Gasteiger partial charge on any atom is -0.389 e. The van der Waals surface area contributed by atoms with E-state index in [0.717, 1.165) is 16.3 Å². The van der Waals surface area contributed by atoms with Crippen LogP contribution in [-0.4, -0.2) is 37.2 Å². The summed E-state index contributed by atoms with van der Waals surface area (Å²) in [4.78, 5) is 12.5. The molecule has 10 nitrogen and oxygen atoms in total. The fourth-order valence-electron chi connectivity index (χ4n) is 2.86. The van der Waals surface area contributed by atoms with E-state index >= 15 is 0 Å². The van der Waals surface area contributed by atoms with Crippen LogP contribution in [0.1, 0.15) is 10.4 Å². The first kappa shape index (κ1) is 23.3. The molecule has 0 radical (unpaired) electrons. The van der Waals surface area contributed by atoms with Gasteiger partial charge in [0.25, 0.3) is 16.1 Å². The molecule has 0 saturated heterocycles. The molecule has 0 atom stereocenters. The lowest BCUT2D eigenvalue weighted by atomic mass is 9.93. The van der Waals surface area contributed by atoms with E-state index < -0.39 is 22.1 Å². The first-order valence-electron chi connectivity index (χ1n) is 8.68. The van der Waals surface area contributed by atoms with Crippen LogP contribution >= 0.6 is 0 Å². The first-order valence-corrected chi connectivity index (χ1v) is 10.5. The summed E-state index contributed by atoms with van der Waals surface area (Å²) in [6.07, 6.45) is 0.715. The molecule has 3 aromatic carbocycles. The number of carbonyl (C=O) groups excluding carboxylic acids is 1. The molecule has 0 fully saturated rings. The summed E-state index contributed by atoms with van der Waals surface area (Å²) in [5.74, 6) is -1.02. The number of nitrogens with two attached hydrogens (primary N) is 2. The Morgan fingerprint density at radius 3 is 2.19 bits per heavy atom. The number of hydrogen-bond acceptors (Lipinski definition) is 6. The van der Waals surface area contributed by atoms with Crippen LogP contribution in [0.2, 0.25) is 0 Å². The van der Waals surface area contributed by atoms with Gasteiger partial charge < -0.3 is 21.5 Å². The van der Waals surface area contributed by atoms with Crippen molar-refractivity contribution in [3.8, 4) is 11.1 Å². The molecule has 0 aliphatic heterocycles. The van der Waals surface area contributed by atoms with Gasteiger partial charge in [-0.1, -0.05) is 48.5 Å². The third kappa shape index (κ3) is 6.80. The van der Waals surface area contributed by atoms with Crippen molar-refractivity contribution >= 4 is 44.5 Å². The summed E-state index contributed by atoms with van der Waals surface area (Å²) >= 11 is 0. The highest BCUT2D eigenvalue weighted by Crippen LogP contribution is 2.36. The van der Waals surface area contributed by atoms with Crippen LogP contribution in [0.15, 0.2) is 60.7 Å². The predicted molar refractivity (Wildman–Crippen MR) is 120 cm³/mol. The highest BCUT2D eigenvalue weighted by molar-refractivity contribution is 7.85. The van der Waals surface area contributed by atoms with E-state index in [1.807, 2.05) is 42.5 Å². The zero-order valence-electron chi connectivity index (χ0n) is 16.4. The smallest absolute Gasteiger partial charge is 0.346 e. The molecule has 11 heteroatoms. The Morgan fingerprint density at radius 2 is 1.58 bits per heavy atom. The lowest BCUT2D eigenvalue weighted by Gasteiger charge is -2.16. The lowest BCUT2D eigenvalue weighted by Crippen LogP contribution is -2.23. The second-order valence-corrected chi connectivity index (χ2v) is 7.75.